The first-order valence-electron chi connectivity index (χ1n) is 11.1. The summed E-state index contributed by atoms with van der Waals surface area (Å²) in [5.41, 5.74) is 3.28. The van der Waals surface area contributed by atoms with Crippen molar-refractivity contribution in [1.82, 2.24) is 10.6 Å². The Bertz CT molecular complexity index is 900. The van der Waals surface area contributed by atoms with Crippen molar-refractivity contribution in [3.63, 3.8) is 0 Å². The minimum Gasteiger partial charge on any atom is -0.493 e. The van der Waals surface area contributed by atoms with E-state index >= 15 is 0 Å². The van der Waals surface area contributed by atoms with E-state index in [0.29, 0.717) is 36.3 Å². The number of benzene rings is 2. The highest BCUT2D eigenvalue weighted by molar-refractivity contribution is 5.79. The van der Waals surface area contributed by atoms with Gasteiger partial charge in [0.2, 0.25) is 5.75 Å². The summed E-state index contributed by atoms with van der Waals surface area (Å²) in [6.45, 7) is 6.79. The van der Waals surface area contributed by atoms with Gasteiger partial charge in [0.05, 0.1) is 34.5 Å². The third-order valence-corrected chi connectivity index (χ3v) is 5.33. The van der Waals surface area contributed by atoms with Crippen molar-refractivity contribution in [3.05, 3.63) is 47.0 Å². The number of aliphatic imine (C=N–C) groups is 1. The maximum absolute atomic E-state index is 6.10. The van der Waals surface area contributed by atoms with Crippen LogP contribution in [0.3, 0.4) is 0 Å². The molecule has 3 rings (SSSR count). The van der Waals surface area contributed by atoms with E-state index in [1.54, 1.807) is 21.3 Å². The Morgan fingerprint density at radius 3 is 2.28 bits per heavy atom. The van der Waals surface area contributed by atoms with Crippen LogP contribution in [0, 0.1) is 12.8 Å². The molecule has 0 radical (unpaired) electrons. The van der Waals surface area contributed by atoms with E-state index in [1.165, 1.54) is 18.4 Å². The number of guanidine groups is 1. The highest BCUT2D eigenvalue weighted by atomic mass is 16.5. The largest absolute Gasteiger partial charge is 0.493 e. The number of rotatable bonds is 11. The Balaban J connectivity index is 1.71. The van der Waals surface area contributed by atoms with E-state index in [9.17, 15) is 0 Å². The zero-order chi connectivity index (χ0) is 22.9. The average molecular weight is 442 g/mol. The Labute approximate surface area is 191 Å². The summed E-state index contributed by atoms with van der Waals surface area (Å²) >= 11 is 0. The van der Waals surface area contributed by atoms with Gasteiger partial charge in [0.25, 0.3) is 0 Å². The van der Waals surface area contributed by atoms with Crippen LogP contribution in [0.5, 0.6) is 23.0 Å². The summed E-state index contributed by atoms with van der Waals surface area (Å²) in [6.07, 6.45) is 2.55. The van der Waals surface area contributed by atoms with Crippen LogP contribution >= 0.6 is 0 Å². The van der Waals surface area contributed by atoms with Crippen molar-refractivity contribution in [2.45, 2.75) is 39.8 Å². The van der Waals surface area contributed by atoms with Crippen molar-refractivity contribution >= 4 is 5.96 Å². The molecule has 2 aromatic carbocycles. The smallest absolute Gasteiger partial charge is 0.203 e. The fourth-order valence-electron chi connectivity index (χ4n) is 3.35. The normalized spacial score (nSPS) is 13.5. The van der Waals surface area contributed by atoms with Gasteiger partial charge in [-0.3, -0.25) is 0 Å². The molecule has 174 valence electrons. The summed E-state index contributed by atoms with van der Waals surface area (Å²) in [6, 6.07) is 10.2. The highest BCUT2D eigenvalue weighted by Crippen LogP contribution is 2.38. The lowest BCUT2D eigenvalue weighted by Crippen LogP contribution is -2.36. The highest BCUT2D eigenvalue weighted by Gasteiger charge is 2.22. The molecular weight excluding hydrogens is 406 g/mol. The maximum Gasteiger partial charge on any atom is 0.203 e. The van der Waals surface area contributed by atoms with Gasteiger partial charge in [0, 0.05) is 18.7 Å². The molecule has 1 fully saturated rings. The first kappa shape index (κ1) is 23.6. The molecule has 1 aliphatic rings. The van der Waals surface area contributed by atoms with Crippen molar-refractivity contribution in [2.75, 3.05) is 34.5 Å². The van der Waals surface area contributed by atoms with Gasteiger partial charge in [-0.15, -0.1) is 0 Å². The first-order valence-corrected chi connectivity index (χ1v) is 11.1. The zero-order valence-corrected chi connectivity index (χ0v) is 19.8. The van der Waals surface area contributed by atoms with Crippen molar-refractivity contribution in [1.29, 1.82) is 0 Å². The van der Waals surface area contributed by atoms with Gasteiger partial charge in [-0.25, -0.2) is 4.99 Å². The average Bonchev–Trinajstić information content (AvgIpc) is 3.64. The Hall–Kier alpha value is -3.09. The van der Waals surface area contributed by atoms with Gasteiger partial charge in [-0.05, 0) is 61.9 Å². The molecule has 0 amide bonds. The molecule has 0 saturated heterocycles. The Kier molecular flexibility index (Phi) is 8.48. The molecule has 0 bridgehead atoms. The molecule has 0 aliphatic heterocycles. The molecule has 1 saturated carbocycles. The first-order chi connectivity index (χ1) is 15.6. The lowest BCUT2D eigenvalue weighted by molar-refractivity contribution is 0.296. The van der Waals surface area contributed by atoms with E-state index in [4.69, 9.17) is 23.9 Å². The monoisotopic (exact) mass is 441 g/mol. The topological polar surface area (TPSA) is 73.3 Å². The molecule has 0 aromatic heterocycles. The summed E-state index contributed by atoms with van der Waals surface area (Å²) in [4.78, 5) is 4.74. The molecule has 1 aliphatic carbocycles. The van der Waals surface area contributed by atoms with E-state index in [2.05, 4.69) is 35.8 Å². The quantitative estimate of drug-likeness (QED) is 0.405. The van der Waals surface area contributed by atoms with Crippen molar-refractivity contribution < 1.29 is 18.9 Å². The fraction of sp³-hybridized carbons (Fsp3) is 0.480. The lowest BCUT2D eigenvalue weighted by Gasteiger charge is -2.16. The van der Waals surface area contributed by atoms with Crippen LogP contribution in [-0.4, -0.2) is 40.4 Å². The molecule has 0 spiro atoms. The molecule has 7 nitrogen and oxygen atoms in total. The second kappa shape index (κ2) is 11.5. The second-order valence-corrected chi connectivity index (χ2v) is 7.95. The van der Waals surface area contributed by atoms with Crippen LogP contribution in [0.2, 0.25) is 0 Å². The number of nitrogens with zero attached hydrogens (tertiary/aromatic N) is 1. The minimum absolute atomic E-state index is 0.463. The molecule has 7 heteroatoms. The Morgan fingerprint density at radius 2 is 1.69 bits per heavy atom. The predicted octanol–water partition coefficient (Wildman–Crippen LogP) is 4.06. The van der Waals surface area contributed by atoms with Crippen LogP contribution in [0.4, 0.5) is 0 Å². The maximum atomic E-state index is 6.10. The van der Waals surface area contributed by atoms with Gasteiger partial charge < -0.3 is 29.6 Å². The van der Waals surface area contributed by atoms with Gasteiger partial charge in [0.15, 0.2) is 17.5 Å². The third kappa shape index (κ3) is 6.45. The van der Waals surface area contributed by atoms with Crippen LogP contribution in [0.15, 0.2) is 35.3 Å². The second-order valence-electron chi connectivity index (χ2n) is 7.95. The molecule has 2 N–H and O–H groups in total. The lowest BCUT2D eigenvalue weighted by atomic mass is 10.1. The zero-order valence-electron chi connectivity index (χ0n) is 19.8. The summed E-state index contributed by atoms with van der Waals surface area (Å²) < 4.78 is 22.4. The number of nitrogens with one attached hydrogen (secondary N) is 2. The predicted molar refractivity (Wildman–Crippen MR) is 127 cm³/mol. The Morgan fingerprint density at radius 1 is 0.969 bits per heavy atom. The molecule has 0 atom stereocenters. The van der Waals surface area contributed by atoms with Gasteiger partial charge in [0.1, 0.15) is 5.75 Å². The number of hydrogen-bond donors (Lipinski definition) is 2. The number of hydrogen-bond acceptors (Lipinski definition) is 5. The summed E-state index contributed by atoms with van der Waals surface area (Å²) in [7, 11) is 4.82. The van der Waals surface area contributed by atoms with E-state index in [0.717, 1.165) is 36.0 Å². The van der Waals surface area contributed by atoms with Crippen LogP contribution in [0.25, 0.3) is 0 Å². The van der Waals surface area contributed by atoms with E-state index < -0.39 is 0 Å². The number of methoxy groups -OCH3 is 3. The van der Waals surface area contributed by atoms with Crippen LogP contribution in [-0.2, 0) is 13.1 Å². The van der Waals surface area contributed by atoms with Crippen molar-refractivity contribution in [2.24, 2.45) is 10.9 Å². The van der Waals surface area contributed by atoms with Gasteiger partial charge in [-0.2, -0.15) is 0 Å². The summed E-state index contributed by atoms with van der Waals surface area (Å²) in [5, 5.41) is 6.73. The van der Waals surface area contributed by atoms with Crippen LogP contribution < -0.4 is 29.6 Å². The van der Waals surface area contributed by atoms with E-state index in [1.807, 2.05) is 19.1 Å². The van der Waals surface area contributed by atoms with Crippen LogP contribution in [0.1, 0.15) is 36.5 Å². The third-order valence-electron chi connectivity index (χ3n) is 5.33. The molecule has 2 aromatic rings. The standard InChI is InChI=1S/C25H35N3O4/c1-6-26-25(27-14-19-12-22(29-3)24(31-5)23(13-19)30-4)28-15-20-10-7-17(2)11-21(20)32-16-18-8-9-18/h7,10-13,18H,6,8-9,14-16H2,1-5H3,(H2,26,27,28). The minimum atomic E-state index is 0.463. The SMILES string of the molecule is CCNC(=NCc1cc(OC)c(OC)c(OC)c1)NCc1ccc(C)cc1OCC1CC1. The van der Waals surface area contributed by atoms with E-state index in [-0.39, 0.29) is 0 Å². The summed E-state index contributed by atoms with van der Waals surface area (Å²) in [5.74, 6) is 4.21. The molecular formula is C25H35N3O4. The number of ether oxygens (including phenoxy) is 4. The molecule has 0 unspecified atom stereocenters. The fourth-order valence-corrected chi connectivity index (χ4v) is 3.35. The molecule has 32 heavy (non-hydrogen) atoms. The van der Waals surface area contributed by atoms with Crippen molar-refractivity contribution in [3.8, 4) is 23.0 Å². The molecule has 0 heterocycles. The van der Waals surface area contributed by atoms with Gasteiger partial charge in [-0.1, -0.05) is 12.1 Å². The number of aryl methyl sites for hydroxylation is 1. The van der Waals surface area contributed by atoms with Gasteiger partial charge >= 0.3 is 0 Å².